The smallest absolute Gasteiger partial charge is 0.308 e. The van der Waals surface area contributed by atoms with Crippen LogP contribution in [0.5, 0.6) is 0 Å². The van der Waals surface area contributed by atoms with Crippen molar-refractivity contribution in [1.82, 2.24) is 4.90 Å². The van der Waals surface area contributed by atoms with E-state index in [2.05, 4.69) is 46.4 Å². The predicted molar refractivity (Wildman–Crippen MR) is 80.5 cm³/mol. The molecule has 0 amide bonds. The molecule has 0 saturated carbocycles. The summed E-state index contributed by atoms with van der Waals surface area (Å²) in [5, 5.41) is 10.8. The van der Waals surface area contributed by atoms with Crippen molar-refractivity contribution < 1.29 is 14.6 Å². The quantitative estimate of drug-likeness (QED) is 0.810. The van der Waals surface area contributed by atoms with Gasteiger partial charge in [0.2, 0.25) is 0 Å². The van der Waals surface area contributed by atoms with Crippen LogP contribution < -0.4 is 0 Å². The lowest BCUT2D eigenvalue weighted by molar-refractivity contribution is -0.148. The number of esters is 1. The maximum absolute atomic E-state index is 11.7. The van der Waals surface area contributed by atoms with Crippen LogP contribution in [0.15, 0.2) is 0 Å². The Morgan fingerprint density at radius 1 is 1.30 bits per heavy atom. The number of carbonyl (C=O) groups excluding carboxylic acids is 1. The van der Waals surface area contributed by atoms with Crippen LogP contribution in [0.1, 0.15) is 61.3 Å². The van der Waals surface area contributed by atoms with Crippen LogP contribution in [0, 0.1) is 5.41 Å². The molecule has 0 aromatic heterocycles. The van der Waals surface area contributed by atoms with E-state index in [-0.39, 0.29) is 29.4 Å². The molecule has 1 aliphatic heterocycles. The summed E-state index contributed by atoms with van der Waals surface area (Å²) in [6, 6.07) is 0.252. The molecule has 2 atom stereocenters. The van der Waals surface area contributed by atoms with E-state index in [1.165, 1.54) is 0 Å². The minimum absolute atomic E-state index is 0.0307. The monoisotopic (exact) mass is 285 g/mol. The lowest BCUT2D eigenvalue weighted by atomic mass is 9.81. The summed E-state index contributed by atoms with van der Waals surface area (Å²) in [6.45, 7) is 15.7. The van der Waals surface area contributed by atoms with E-state index in [1.807, 2.05) is 0 Å². The average molecular weight is 285 g/mol. The first-order valence-corrected chi connectivity index (χ1v) is 7.54. The second-order valence-corrected chi connectivity index (χ2v) is 8.09. The van der Waals surface area contributed by atoms with Crippen LogP contribution in [-0.4, -0.2) is 46.3 Å². The lowest BCUT2D eigenvalue weighted by Gasteiger charge is -2.42. The van der Waals surface area contributed by atoms with Gasteiger partial charge in [-0.3, -0.25) is 9.69 Å². The van der Waals surface area contributed by atoms with E-state index in [0.717, 1.165) is 0 Å². The highest BCUT2D eigenvalue weighted by atomic mass is 16.5. The van der Waals surface area contributed by atoms with E-state index < -0.39 is 5.60 Å². The predicted octanol–water partition coefficient (Wildman–Crippen LogP) is 2.59. The number of hydrogen-bond donors (Lipinski definition) is 1. The fourth-order valence-electron chi connectivity index (χ4n) is 3.05. The van der Waals surface area contributed by atoms with Gasteiger partial charge in [-0.05, 0) is 39.5 Å². The number of β-amino-alcohol motifs (C(OH)–C–C–N with tert-alkyl or cyclic N) is 1. The van der Waals surface area contributed by atoms with Crippen molar-refractivity contribution in [1.29, 1.82) is 0 Å². The van der Waals surface area contributed by atoms with Crippen LogP contribution in [0.2, 0.25) is 0 Å². The van der Waals surface area contributed by atoms with Gasteiger partial charge in [0.15, 0.2) is 0 Å². The maximum Gasteiger partial charge on any atom is 0.308 e. The summed E-state index contributed by atoms with van der Waals surface area (Å²) in [5.74, 6) is -0.307. The number of nitrogens with zero attached hydrogens (tertiary/aromatic N) is 1. The summed E-state index contributed by atoms with van der Waals surface area (Å²) < 4.78 is 4.99. The Bertz CT molecular complexity index is 330. The minimum Gasteiger partial charge on any atom is -0.466 e. The molecule has 0 radical (unpaired) electrons. The molecule has 0 aromatic rings. The fraction of sp³-hybridized carbons (Fsp3) is 0.938. The number of hydrogen-bond acceptors (Lipinski definition) is 4. The molecule has 1 heterocycles. The Labute approximate surface area is 123 Å². The third kappa shape index (κ3) is 4.19. The number of rotatable bonds is 3. The topological polar surface area (TPSA) is 49.8 Å². The molecule has 0 bridgehead atoms. The molecule has 20 heavy (non-hydrogen) atoms. The molecule has 1 aliphatic rings. The Morgan fingerprint density at radius 2 is 1.85 bits per heavy atom. The van der Waals surface area contributed by atoms with E-state index >= 15 is 0 Å². The molecule has 1 fully saturated rings. The van der Waals surface area contributed by atoms with Crippen molar-refractivity contribution in [2.45, 2.75) is 78.5 Å². The van der Waals surface area contributed by atoms with Crippen molar-refractivity contribution in [3.8, 4) is 0 Å². The largest absolute Gasteiger partial charge is 0.466 e. The molecule has 1 unspecified atom stereocenters. The van der Waals surface area contributed by atoms with E-state index in [4.69, 9.17) is 4.74 Å². The number of ether oxygens (including phenoxy) is 1. The fourth-order valence-corrected chi connectivity index (χ4v) is 3.05. The first kappa shape index (κ1) is 17.4. The SMILES string of the molecule is CCOC(=O)CC1(O)C[C@@H](C(C)(C)C)N(C(C)(C)C)C1. The van der Waals surface area contributed by atoms with Gasteiger partial charge in [-0.1, -0.05) is 20.8 Å². The zero-order valence-corrected chi connectivity index (χ0v) is 14.1. The van der Waals surface area contributed by atoms with Gasteiger partial charge in [0, 0.05) is 18.1 Å². The first-order valence-electron chi connectivity index (χ1n) is 7.54. The molecule has 0 aromatic carbocycles. The van der Waals surface area contributed by atoms with Crippen molar-refractivity contribution in [2.24, 2.45) is 5.41 Å². The third-order valence-corrected chi connectivity index (χ3v) is 4.05. The van der Waals surface area contributed by atoms with Gasteiger partial charge >= 0.3 is 5.97 Å². The Morgan fingerprint density at radius 3 is 2.20 bits per heavy atom. The van der Waals surface area contributed by atoms with Gasteiger partial charge in [0.05, 0.1) is 18.6 Å². The molecule has 0 aliphatic carbocycles. The maximum atomic E-state index is 11.7. The highest BCUT2D eigenvalue weighted by Crippen LogP contribution is 2.42. The zero-order chi connectivity index (χ0) is 15.8. The van der Waals surface area contributed by atoms with E-state index in [0.29, 0.717) is 19.6 Å². The molecule has 1 N–H and O–H groups in total. The number of aliphatic hydroxyl groups is 1. The molecule has 1 rings (SSSR count). The molecule has 4 nitrogen and oxygen atoms in total. The van der Waals surface area contributed by atoms with E-state index in [1.54, 1.807) is 6.92 Å². The van der Waals surface area contributed by atoms with Gasteiger partial charge in [-0.15, -0.1) is 0 Å². The summed E-state index contributed by atoms with van der Waals surface area (Å²) in [7, 11) is 0. The molecule has 1 saturated heterocycles. The van der Waals surface area contributed by atoms with Crippen molar-refractivity contribution in [2.75, 3.05) is 13.2 Å². The second-order valence-electron chi connectivity index (χ2n) is 8.09. The van der Waals surface area contributed by atoms with Gasteiger partial charge in [0.25, 0.3) is 0 Å². The highest BCUT2D eigenvalue weighted by Gasteiger charge is 2.51. The molecule has 4 heteroatoms. The number of carbonyl (C=O) groups is 1. The van der Waals surface area contributed by atoms with Crippen LogP contribution >= 0.6 is 0 Å². The Balaban J connectivity index is 2.92. The summed E-state index contributed by atoms with van der Waals surface area (Å²) >= 11 is 0. The van der Waals surface area contributed by atoms with Crippen molar-refractivity contribution in [3.63, 3.8) is 0 Å². The van der Waals surface area contributed by atoms with Crippen LogP contribution in [0.25, 0.3) is 0 Å². The van der Waals surface area contributed by atoms with Gasteiger partial charge in [-0.25, -0.2) is 0 Å². The van der Waals surface area contributed by atoms with Crippen molar-refractivity contribution >= 4 is 5.97 Å². The Kier molecular flexibility index (Phi) is 4.92. The lowest BCUT2D eigenvalue weighted by Crippen LogP contribution is -2.50. The summed E-state index contributed by atoms with van der Waals surface area (Å²) in [4.78, 5) is 14.0. The summed E-state index contributed by atoms with van der Waals surface area (Å²) in [5.41, 5.74) is -0.943. The third-order valence-electron chi connectivity index (χ3n) is 4.05. The molecule has 0 spiro atoms. The van der Waals surface area contributed by atoms with Crippen LogP contribution in [0.3, 0.4) is 0 Å². The van der Waals surface area contributed by atoms with Gasteiger partial charge in [-0.2, -0.15) is 0 Å². The highest BCUT2D eigenvalue weighted by molar-refractivity contribution is 5.70. The summed E-state index contributed by atoms with van der Waals surface area (Å²) in [6.07, 6.45) is 0.701. The average Bonchev–Trinajstić information content (AvgIpc) is 2.55. The normalized spacial score (nSPS) is 28.7. The van der Waals surface area contributed by atoms with Gasteiger partial charge in [0.1, 0.15) is 0 Å². The molecular weight excluding hydrogens is 254 g/mol. The van der Waals surface area contributed by atoms with Crippen LogP contribution in [-0.2, 0) is 9.53 Å². The van der Waals surface area contributed by atoms with Gasteiger partial charge < -0.3 is 9.84 Å². The molecule has 118 valence electrons. The van der Waals surface area contributed by atoms with E-state index in [9.17, 15) is 9.90 Å². The Hall–Kier alpha value is -0.610. The minimum atomic E-state index is -0.975. The zero-order valence-electron chi connectivity index (χ0n) is 14.1. The second kappa shape index (κ2) is 5.64. The first-order chi connectivity index (χ1) is 8.89. The molecular formula is C16H31NO3. The standard InChI is InChI=1S/C16H31NO3/c1-8-20-13(18)10-16(19)9-12(14(2,3)4)17(11-16)15(5,6)7/h12,19H,8-11H2,1-7H3/t12-,16?/m0/s1. The van der Waals surface area contributed by atoms with Crippen molar-refractivity contribution in [3.05, 3.63) is 0 Å². The van der Waals surface area contributed by atoms with Crippen LogP contribution in [0.4, 0.5) is 0 Å². The number of likely N-dealkylation sites (tertiary alicyclic amines) is 1.